The summed E-state index contributed by atoms with van der Waals surface area (Å²) in [5, 5.41) is 0. The van der Waals surface area contributed by atoms with Crippen LogP contribution in [0.1, 0.15) is 78.6 Å². The second-order valence-electron chi connectivity index (χ2n) is 10.8. The molecule has 2 nitrogen and oxygen atoms in total. The maximum Gasteiger partial charge on any atom is 0.411 e. The summed E-state index contributed by atoms with van der Waals surface area (Å²) in [6.45, 7) is 5.33. The first-order valence-electron chi connectivity index (χ1n) is 11.2. The molecule has 28 heavy (non-hydrogen) atoms. The third kappa shape index (κ3) is 3.33. The van der Waals surface area contributed by atoms with Crippen molar-refractivity contribution in [3.63, 3.8) is 0 Å². The van der Waals surface area contributed by atoms with Crippen LogP contribution in [-0.2, 0) is 9.53 Å². The number of Topliss-reactive ketones (excluding diaryl/α,β-unsaturated/α-hetero) is 1. The van der Waals surface area contributed by atoms with Crippen molar-refractivity contribution in [2.75, 3.05) is 6.61 Å². The summed E-state index contributed by atoms with van der Waals surface area (Å²) in [5.41, 5.74) is 0.226. The first-order valence-corrected chi connectivity index (χ1v) is 11.2. The summed E-state index contributed by atoms with van der Waals surface area (Å²) in [4.78, 5) is 12.2. The second-order valence-corrected chi connectivity index (χ2v) is 10.8. The van der Waals surface area contributed by atoms with Crippen LogP contribution in [0.3, 0.4) is 0 Å². The fraction of sp³-hybridized carbons (Fsp3) is 0.957. The Labute approximate surface area is 167 Å². The predicted molar refractivity (Wildman–Crippen MR) is 102 cm³/mol. The maximum atomic E-state index is 12.6. The van der Waals surface area contributed by atoms with E-state index in [9.17, 15) is 18.0 Å². The van der Waals surface area contributed by atoms with Crippen molar-refractivity contribution in [3.8, 4) is 0 Å². The minimum atomic E-state index is -4.24. The Balaban J connectivity index is 1.52. The molecule has 0 bridgehead atoms. The topological polar surface area (TPSA) is 26.3 Å². The van der Waals surface area contributed by atoms with Gasteiger partial charge in [0.1, 0.15) is 12.4 Å². The summed E-state index contributed by atoms with van der Waals surface area (Å²) in [5.74, 6) is 2.99. The molecule has 0 amide bonds. The Kier molecular flexibility index (Phi) is 5.16. The molecule has 0 spiro atoms. The highest BCUT2D eigenvalue weighted by atomic mass is 19.4. The van der Waals surface area contributed by atoms with Crippen LogP contribution in [0.2, 0.25) is 0 Å². The molecule has 0 saturated heterocycles. The number of rotatable bonds is 3. The molecule has 4 aliphatic rings. The van der Waals surface area contributed by atoms with Gasteiger partial charge in [-0.05, 0) is 99.2 Å². The molecular weight excluding hydrogens is 365 g/mol. The predicted octanol–water partition coefficient (Wildman–Crippen LogP) is 6.18. The van der Waals surface area contributed by atoms with E-state index in [4.69, 9.17) is 4.74 Å². The number of ether oxygens (including phenoxy) is 1. The van der Waals surface area contributed by atoms with Gasteiger partial charge in [-0.25, -0.2) is 0 Å². The largest absolute Gasteiger partial charge is 0.411 e. The van der Waals surface area contributed by atoms with E-state index in [0.717, 1.165) is 44.9 Å². The van der Waals surface area contributed by atoms with Crippen LogP contribution in [0.15, 0.2) is 0 Å². The average Bonchev–Trinajstić information content (AvgIpc) is 2.96. The quantitative estimate of drug-likeness (QED) is 0.565. The zero-order valence-corrected chi connectivity index (χ0v) is 17.5. The van der Waals surface area contributed by atoms with Crippen molar-refractivity contribution in [2.45, 2.75) is 90.8 Å². The van der Waals surface area contributed by atoms with Gasteiger partial charge in [0, 0.05) is 5.92 Å². The number of fused-ring (bicyclic) bond motifs is 5. The monoisotopic (exact) mass is 400 g/mol. The van der Waals surface area contributed by atoms with Gasteiger partial charge in [-0.1, -0.05) is 13.8 Å². The highest BCUT2D eigenvalue weighted by Gasteiger charge is 2.61. The molecule has 4 aliphatic carbocycles. The van der Waals surface area contributed by atoms with Crippen molar-refractivity contribution in [1.29, 1.82) is 0 Å². The lowest BCUT2D eigenvalue weighted by atomic mass is 9.44. The molecule has 8 unspecified atom stereocenters. The van der Waals surface area contributed by atoms with Gasteiger partial charge >= 0.3 is 6.18 Å². The minimum absolute atomic E-state index is 0.0903. The SMILES string of the molecule is CC(=O)C1CCC2C3CCC4CCC(OCC(F)(F)F)CC4(C)C3CCC12C. The molecule has 0 aromatic rings. The van der Waals surface area contributed by atoms with Gasteiger partial charge in [0.2, 0.25) is 0 Å². The van der Waals surface area contributed by atoms with Crippen molar-refractivity contribution in [2.24, 2.45) is 40.4 Å². The van der Waals surface area contributed by atoms with Gasteiger partial charge in [-0.2, -0.15) is 13.2 Å². The Morgan fingerprint density at radius 1 is 0.964 bits per heavy atom. The summed E-state index contributed by atoms with van der Waals surface area (Å²) >= 11 is 0. The van der Waals surface area contributed by atoms with Crippen molar-refractivity contribution in [1.82, 2.24) is 0 Å². The number of hydrogen-bond acceptors (Lipinski definition) is 2. The molecule has 0 aromatic heterocycles. The highest BCUT2D eigenvalue weighted by molar-refractivity contribution is 5.79. The zero-order chi connectivity index (χ0) is 20.3. The first-order chi connectivity index (χ1) is 13.0. The third-order valence-electron chi connectivity index (χ3n) is 9.54. The number of hydrogen-bond donors (Lipinski definition) is 0. The average molecular weight is 401 g/mol. The smallest absolute Gasteiger partial charge is 0.369 e. The van der Waals surface area contributed by atoms with E-state index in [-0.39, 0.29) is 22.9 Å². The Morgan fingerprint density at radius 2 is 1.64 bits per heavy atom. The highest BCUT2D eigenvalue weighted by Crippen LogP contribution is 2.67. The van der Waals surface area contributed by atoms with Gasteiger partial charge in [-0.15, -0.1) is 0 Å². The van der Waals surface area contributed by atoms with Crippen LogP contribution < -0.4 is 0 Å². The number of halogens is 3. The number of carbonyl (C=O) groups excluding carboxylic acids is 1. The van der Waals surface area contributed by atoms with Crippen LogP contribution >= 0.6 is 0 Å². The van der Waals surface area contributed by atoms with E-state index in [0.29, 0.717) is 29.5 Å². The van der Waals surface area contributed by atoms with Crippen LogP contribution in [-0.4, -0.2) is 24.7 Å². The van der Waals surface area contributed by atoms with Gasteiger partial charge in [0.05, 0.1) is 6.10 Å². The van der Waals surface area contributed by atoms with Gasteiger partial charge in [0.25, 0.3) is 0 Å². The molecule has 0 N–H and O–H groups in total. The van der Waals surface area contributed by atoms with E-state index in [1.165, 1.54) is 12.8 Å². The van der Waals surface area contributed by atoms with Crippen LogP contribution in [0.5, 0.6) is 0 Å². The van der Waals surface area contributed by atoms with E-state index in [2.05, 4.69) is 13.8 Å². The lowest BCUT2D eigenvalue weighted by Crippen LogP contribution is -2.54. The van der Waals surface area contributed by atoms with Crippen molar-refractivity contribution >= 4 is 5.78 Å². The molecule has 0 aliphatic heterocycles. The fourth-order valence-corrected chi connectivity index (χ4v) is 8.33. The maximum absolute atomic E-state index is 12.6. The van der Waals surface area contributed by atoms with E-state index in [1.807, 2.05) is 0 Å². The Bertz CT molecular complexity index is 617. The Hall–Kier alpha value is -0.580. The molecule has 4 fully saturated rings. The summed E-state index contributed by atoms with van der Waals surface area (Å²) in [6.07, 6.45) is 4.86. The zero-order valence-electron chi connectivity index (χ0n) is 17.5. The normalized spacial score (nSPS) is 48.5. The van der Waals surface area contributed by atoms with E-state index < -0.39 is 12.8 Å². The fourth-order valence-electron chi connectivity index (χ4n) is 8.33. The van der Waals surface area contributed by atoms with Gasteiger partial charge in [-0.3, -0.25) is 4.79 Å². The molecular formula is C23H35F3O2. The van der Waals surface area contributed by atoms with Crippen LogP contribution in [0.25, 0.3) is 0 Å². The molecule has 4 saturated carbocycles. The molecule has 0 aromatic carbocycles. The van der Waals surface area contributed by atoms with Crippen LogP contribution in [0.4, 0.5) is 13.2 Å². The van der Waals surface area contributed by atoms with Crippen molar-refractivity contribution < 1.29 is 22.7 Å². The van der Waals surface area contributed by atoms with Crippen molar-refractivity contribution in [3.05, 3.63) is 0 Å². The summed E-state index contributed by atoms with van der Waals surface area (Å²) in [7, 11) is 0. The lowest BCUT2D eigenvalue weighted by Gasteiger charge is -2.61. The number of alkyl halides is 3. The molecule has 5 heteroatoms. The molecule has 0 heterocycles. The number of ketones is 1. The molecule has 0 radical (unpaired) electrons. The van der Waals surface area contributed by atoms with Gasteiger partial charge < -0.3 is 4.74 Å². The second kappa shape index (κ2) is 6.99. The Morgan fingerprint density at radius 3 is 2.32 bits per heavy atom. The standard InChI is InChI=1S/C23H35F3O2/c1-14(27)18-8-9-19-17-7-5-15-4-6-16(28-13-23(24,25)26)12-22(15,3)20(17)10-11-21(18,19)2/h15-20H,4-13H2,1-3H3. The molecule has 160 valence electrons. The van der Waals surface area contributed by atoms with E-state index >= 15 is 0 Å². The lowest BCUT2D eigenvalue weighted by molar-refractivity contribution is -0.202. The summed E-state index contributed by atoms with van der Waals surface area (Å²) < 4.78 is 43.3. The van der Waals surface area contributed by atoms with Gasteiger partial charge in [0.15, 0.2) is 0 Å². The van der Waals surface area contributed by atoms with Crippen LogP contribution in [0, 0.1) is 40.4 Å². The van der Waals surface area contributed by atoms with E-state index in [1.54, 1.807) is 6.92 Å². The molecule has 4 rings (SSSR count). The minimum Gasteiger partial charge on any atom is -0.369 e. The molecule has 8 atom stereocenters. The summed E-state index contributed by atoms with van der Waals surface area (Å²) in [6, 6.07) is 0. The third-order valence-corrected chi connectivity index (χ3v) is 9.54. The first kappa shape index (κ1) is 20.7. The number of carbonyl (C=O) groups is 1.